The quantitative estimate of drug-likeness (QED) is 0.644. The van der Waals surface area contributed by atoms with Crippen molar-refractivity contribution in [2.45, 2.75) is 58.9 Å². The molecule has 2 N–H and O–H groups in total. The molecule has 12 heavy (non-hydrogen) atoms. The van der Waals surface area contributed by atoms with Crippen LogP contribution in [0.4, 0.5) is 0 Å². The SMILES string of the molecule is CCCCCC(N)CC(C)C.Cl. The van der Waals surface area contributed by atoms with Crippen molar-refractivity contribution in [3.05, 3.63) is 0 Å². The van der Waals surface area contributed by atoms with Crippen molar-refractivity contribution in [3.63, 3.8) is 0 Å². The Hall–Kier alpha value is 0.250. The highest BCUT2D eigenvalue weighted by Gasteiger charge is 2.03. The smallest absolute Gasteiger partial charge is 0.00412 e. The molecule has 0 aliphatic rings. The van der Waals surface area contributed by atoms with E-state index < -0.39 is 0 Å². The van der Waals surface area contributed by atoms with Crippen LogP contribution < -0.4 is 5.73 Å². The standard InChI is InChI=1S/C10H23N.ClH/c1-4-5-6-7-10(11)8-9(2)3;/h9-10H,4-8,11H2,1-3H3;1H. The molecule has 0 aromatic heterocycles. The lowest BCUT2D eigenvalue weighted by molar-refractivity contribution is 0.456. The van der Waals surface area contributed by atoms with E-state index in [0.717, 1.165) is 5.92 Å². The first kappa shape index (κ1) is 14.8. The first-order valence-electron chi connectivity index (χ1n) is 4.92. The third kappa shape index (κ3) is 10.2. The Morgan fingerprint density at radius 1 is 1.17 bits per heavy atom. The second-order valence-corrected chi connectivity index (χ2v) is 3.89. The molecule has 0 aromatic carbocycles. The molecule has 0 fully saturated rings. The summed E-state index contributed by atoms with van der Waals surface area (Å²) < 4.78 is 0. The van der Waals surface area contributed by atoms with Gasteiger partial charge in [-0.15, -0.1) is 12.4 Å². The summed E-state index contributed by atoms with van der Waals surface area (Å²) in [7, 11) is 0. The second kappa shape index (κ2) is 9.34. The molecule has 0 amide bonds. The fourth-order valence-electron chi connectivity index (χ4n) is 1.38. The molecular weight excluding hydrogens is 170 g/mol. The van der Waals surface area contributed by atoms with E-state index in [2.05, 4.69) is 20.8 Å². The molecule has 0 aliphatic carbocycles. The van der Waals surface area contributed by atoms with Crippen molar-refractivity contribution in [1.82, 2.24) is 0 Å². The van der Waals surface area contributed by atoms with E-state index in [-0.39, 0.29) is 12.4 Å². The lowest BCUT2D eigenvalue weighted by Gasteiger charge is -2.12. The fraction of sp³-hybridized carbons (Fsp3) is 1.00. The van der Waals surface area contributed by atoms with Gasteiger partial charge in [0.25, 0.3) is 0 Å². The van der Waals surface area contributed by atoms with Crippen LogP contribution in [0, 0.1) is 5.92 Å². The normalized spacial score (nSPS) is 12.8. The minimum absolute atomic E-state index is 0. The third-order valence-electron chi connectivity index (χ3n) is 1.95. The van der Waals surface area contributed by atoms with Crippen LogP contribution in [0.5, 0.6) is 0 Å². The summed E-state index contributed by atoms with van der Waals surface area (Å²) in [6, 6.07) is 0.446. The highest BCUT2D eigenvalue weighted by molar-refractivity contribution is 5.85. The van der Waals surface area contributed by atoms with E-state index in [1.807, 2.05) is 0 Å². The summed E-state index contributed by atoms with van der Waals surface area (Å²) >= 11 is 0. The maximum Gasteiger partial charge on any atom is 0.00412 e. The molecule has 1 nitrogen and oxygen atoms in total. The second-order valence-electron chi connectivity index (χ2n) is 3.89. The summed E-state index contributed by atoms with van der Waals surface area (Å²) in [6.07, 6.45) is 6.35. The van der Waals surface area contributed by atoms with Crippen LogP contribution in [0.2, 0.25) is 0 Å². The van der Waals surface area contributed by atoms with Gasteiger partial charge in [-0.2, -0.15) is 0 Å². The number of rotatable bonds is 6. The van der Waals surface area contributed by atoms with Gasteiger partial charge < -0.3 is 5.73 Å². The minimum Gasteiger partial charge on any atom is -0.328 e. The molecule has 76 valence electrons. The zero-order valence-corrected chi connectivity index (χ0v) is 9.49. The molecule has 0 aliphatic heterocycles. The van der Waals surface area contributed by atoms with Gasteiger partial charge in [-0.1, -0.05) is 40.0 Å². The molecule has 0 radical (unpaired) electrons. The van der Waals surface area contributed by atoms with Crippen molar-refractivity contribution < 1.29 is 0 Å². The molecule has 0 heterocycles. The summed E-state index contributed by atoms with van der Waals surface area (Å²) in [6.45, 7) is 6.70. The Morgan fingerprint density at radius 2 is 1.75 bits per heavy atom. The van der Waals surface area contributed by atoms with E-state index in [4.69, 9.17) is 5.73 Å². The Labute approximate surface area is 83.5 Å². The largest absolute Gasteiger partial charge is 0.328 e. The van der Waals surface area contributed by atoms with Gasteiger partial charge in [0.2, 0.25) is 0 Å². The predicted octanol–water partition coefficient (Wildman–Crippen LogP) is 3.36. The molecule has 1 unspecified atom stereocenters. The third-order valence-corrected chi connectivity index (χ3v) is 1.95. The van der Waals surface area contributed by atoms with Gasteiger partial charge in [-0.25, -0.2) is 0 Å². The number of halogens is 1. The lowest BCUT2D eigenvalue weighted by atomic mass is 9.99. The molecule has 2 heteroatoms. The van der Waals surface area contributed by atoms with Crippen molar-refractivity contribution in [3.8, 4) is 0 Å². The number of unbranched alkanes of at least 4 members (excludes halogenated alkanes) is 2. The Balaban J connectivity index is 0. The van der Waals surface area contributed by atoms with Crippen LogP contribution in [0.3, 0.4) is 0 Å². The molecule has 0 saturated carbocycles. The Morgan fingerprint density at radius 3 is 2.17 bits per heavy atom. The number of nitrogens with two attached hydrogens (primary N) is 1. The number of hydrogen-bond donors (Lipinski definition) is 1. The molecule has 1 atom stereocenters. The van der Waals surface area contributed by atoms with E-state index >= 15 is 0 Å². The van der Waals surface area contributed by atoms with Crippen molar-refractivity contribution in [2.24, 2.45) is 11.7 Å². The molecule has 0 spiro atoms. The Bertz CT molecular complexity index is 83.9. The van der Waals surface area contributed by atoms with Crippen molar-refractivity contribution in [1.29, 1.82) is 0 Å². The van der Waals surface area contributed by atoms with Crippen LogP contribution in [-0.2, 0) is 0 Å². The van der Waals surface area contributed by atoms with E-state index in [9.17, 15) is 0 Å². The predicted molar refractivity (Wildman–Crippen MR) is 58.8 cm³/mol. The van der Waals surface area contributed by atoms with Crippen LogP contribution in [0.15, 0.2) is 0 Å². The average Bonchev–Trinajstić information content (AvgIpc) is 1.86. The summed E-state index contributed by atoms with van der Waals surface area (Å²) in [5, 5.41) is 0. The van der Waals surface area contributed by atoms with E-state index in [1.54, 1.807) is 0 Å². The fourth-order valence-corrected chi connectivity index (χ4v) is 1.38. The molecule has 0 aromatic rings. The first-order chi connectivity index (χ1) is 5.16. The number of hydrogen-bond acceptors (Lipinski definition) is 1. The molecular formula is C10H24ClN. The highest BCUT2D eigenvalue weighted by Crippen LogP contribution is 2.09. The summed E-state index contributed by atoms with van der Waals surface area (Å²) in [4.78, 5) is 0. The van der Waals surface area contributed by atoms with Crippen molar-refractivity contribution in [2.75, 3.05) is 0 Å². The van der Waals surface area contributed by atoms with Gasteiger partial charge in [-0.05, 0) is 18.8 Å². The van der Waals surface area contributed by atoms with Gasteiger partial charge >= 0.3 is 0 Å². The maximum atomic E-state index is 5.92. The van der Waals surface area contributed by atoms with Crippen molar-refractivity contribution >= 4 is 12.4 Å². The molecule has 0 bridgehead atoms. The highest BCUT2D eigenvalue weighted by atomic mass is 35.5. The Kier molecular flexibility index (Phi) is 11.5. The van der Waals surface area contributed by atoms with Gasteiger partial charge in [0, 0.05) is 6.04 Å². The minimum atomic E-state index is 0. The molecule has 0 rings (SSSR count). The zero-order chi connectivity index (χ0) is 8.69. The average molecular weight is 194 g/mol. The van der Waals surface area contributed by atoms with Crippen LogP contribution >= 0.6 is 12.4 Å². The van der Waals surface area contributed by atoms with E-state index in [1.165, 1.54) is 32.1 Å². The lowest BCUT2D eigenvalue weighted by Crippen LogP contribution is -2.21. The van der Waals surface area contributed by atoms with Gasteiger partial charge in [0.05, 0.1) is 0 Å². The van der Waals surface area contributed by atoms with Crippen LogP contribution in [-0.4, -0.2) is 6.04 Å². The maximum absolute atomic E-state index is 5.92. The zero-order valence-electron chi connectivity index (χ0n) is 8.68. The molecule has 0 saturated heterocycles. The monoisotopic (exact) mass is 193 g/mol. The van der Waals surface area contributed by atoms with Crippen LogP contribution in [0.25, 0.3) is 0 Å². The van der Waals surface area contributed by atoms with Gasteiger partial charge in [-0.3, -0.25) is 0 Å². The summed E-state index contributed by atoms with van der Waals surface area (Å²) in [5.41, 5.74) is 5.92. The van der Waals surface area contributed by atoms with Gasteiger partial charge in [0.1, 0.15) is 0 Å². The van der Waals surface area contributed by atoms with Crippen LogP contribution in [0.1, 0.15) is 52.9 Å². The first-order valence-corrected chi connectivity index (χ1v) is 4.92. The van der Waals surface area contributed by atoms with Gasteiger partial charge in [0.15, 0.2) is 0 Å². The van der Waals surface area contributed by atoms with E-state index in [0.29, 0.717) is 6.04 Å². The topological polar surface area (TPSA) is 26.0 Å². The summed E-state index contributed by atoms with van der Waals surface area (Å²) in [5.74, 6) is 0.756.